The van der Waals surface area contributed by atoms with E-state index in [9.17, 15) is 4.79 Å². The maximum atomic E-state index is 12.3. The Balaban J connectivity index is 2.01. The highest BCUT2D eigenvalue weighted by Gasteiger charge is 2.32. The van der Waals surface area contributed by atoms with Crippen molar-refractivity contribution in [2.24, 2.45) is 0 Å². The molecule has 0 aliphatic carbocycles. The van der Waals surface area contributed by atoms with Crippen LogP contribution in [-0.2, 0) is 4.74 Å². The summed E-state index contributed by atoms with van der Waals surface area (Å²) in [6.07, 6.45) is 1.63. The van der Waals surface area contributed by atoms with Crippen molar-refractivity contribution in [1.82, 2.24) is 4.90 Å². The average Bonchev–Trinajstić information content (AvgIpc) is 2.83. The summed E-state index contributed by atoms with van der Waals surface area (Å²) in [7, 11) is 0. The number of nitrogens with one attached hydrogen (secondary N) is 1. The maximum absolute atomic E-state index is 12.3. The number of hydrogen-bond donors (Lipinski definition) is 1. The number of rotatable bonds is 3. The zero-order valence-corrected chi connectivity index (χ0v) is 16.6. The molecule has 0 spiro atoms. The molecule has 1 fully saturated rings. The van der Waals surface area contributed by atoms with E-state index in [1.54, 1.807) is 17.0 Å². The van der Waals surface area contributed by atoms with E-state index >= 15 is 0 Å². The number of anilines is 1. The van der Waals surface area contributed by atoms with Gasteiger partial charge in [0.1, 0.15) is 5.60 Å². The maximum Gasteiger partial charge on any atom is 0.410 e. The Morgan fingerprint density at radius 1 is 1.39 bits per heavy atom. The third kappa shape index (κ3) is 5.16. The predicted octanol–water partition coefficient (Wildman–Crippen LogP) is 5.57. The van der Waals surface area contributed by atoms with Gasteiger partial charge in [-0.2, -0.15) is 0 Å². The minimum Gasteiger partial charge on any atom is -0.444 e. The number of halogens is 3. The minimum absolute atomic E-state index is 0.0700. The van der Waals surface area contributed by atoms with Crippen LogP contribution in [0.15, 0.2) is 16.6 Å². The quantitative estimate of drug-likeness (QED) is 0.690. The number of carbonyl (C=O) groups is 1. The Labute approximate surface area is 155 Å². The molecular weight excluding hydrogens is 403 g/mol. The van der Waals surface area contributed by atoms with Crippen LogP contribution in [0.5, 0.6) is 0 Å². The molecule has 1 unspecified atom stereocenters. The van der Waals surface area contributed by atoms with Crippen LogP contribution in [-0.4, -0.2) is 35.7 Å². The second-order valence-electron chi connectivity index (χ2n) is 6.60. The standard InChI is InChI=1S/C16H21BrCl2N2O2/c1-16(2,3)23-15(22)21-6-4-5-11(21)9-20-14-12(18)7-10(17)8-13(14)19/h7-8,11,20H,4-6,9H2,1-3H3. The third-order valence-corrected chi connectivity index (χ3v) is 4.58. The SMILES string of the molecule is CC(C)(C)OC(=O)N1CCCC1CNc1c(Cl)cc(Br)cc1Cl. The molecule has 1 atom stereocenters. The Hall–Kier alpha value is -0.650. The zero-order valence-electron chi connectivity index (χ0n) is 13.5. The van der Waals surface area contributed by atoms with Gasteiger partial charge in [-0.05, 0) is 45.7 Å². The van der Waals surface area contributed by atoms with Crippen LogP contribution in [0.4, 0.5) is 10.5 Å². The highest BCUT2D eigenvalue weighted by molar-refractivity contribution is 9.10. The summed E-state index contributed by atoms with van der Waals surface area (Å²) in [6.45, 7) is 6.91. The number of benzene rings is 1. The molecule has 128 valence electrons. The van der Waals surface area contributed by atoms with Crippen molar-refractivity contribution in [1.29, 1.82) is 0 Å². The monoisotopic (exact) mass is 422 g/mol. The summed E-state index contributed by atoms with van der Waals surface area (Å²) >= 11 is 15.8. The van der Waals surface area contributed by atoms with E-state index in [1.165, 1.54) is 0 Å². The lowest BCUT2D eigenvalue weighted by molar-refractivity contribution is 0.0235. The molecule has 1 amide bonds. The molecule has 0 saturated carbocycles. The fraction of sp³-hybridized carbons (Fsp3) is 0.562. The van der Waals surface area contributed by atoms with Crippen LogP contribution < -0.4 is 5.32 Å². The molecule has 7 heteroatoms. The predicted molar refractivity (Wildman–Crippen MR) is 98.6 cm³/mol. The van der Waals surface area contributed by atoms with Crippen molar-refractivity contribution in [3.8, 4) is 0 Å². The lowest BCUT2D eigenvalue weighted by atomic mass is 10.2. The fourth-order valence-corrected chi connectivity index (χ4v) is 3.88. The van der Waals surface area contributed by atoms with Crippen molar-refractivity contribution in [2.45, 2.75) is 45.3 Å². The molecule has 2 rings (SSSR count). The third-order valence-electron chi connectivity index (χ3n) is 3.53. The van der Waals surface area contributed by atoms with Crippen LogP contribution in [0.1, 0.15) is 33.6 Å². The van der Waals surface area contributed by atoms with Gasteiger partial charge >= 0.3 is 6.09 Å². The number of hydrogen-bond acceptors (Lipinski definition) is 3. The normalized spacial score (nSPS) is 18.2. The molecule has 1 aromatic rings. The molecular formula is C16H21BrCl2N2O2. The molecule has 1 saturated heterocycles. The second kappa shape index (κ2) is 7.49. The molecule has 1 aliphatic rings. The van der Waals surface area contributed by atoms with Crippen molar-refractivity contribution in [2.75, 3.05) is 18.4 Å². The number of carbonyl (C=O) groups excluding carboxylic acids is 1. The largest absolute Gasteiger partial charge is 0.444 e. The van der Waals surface area contributed by atoms with Crippen LogP contribution in [0, 0.1) is 0 Å². The smallest absolute Gasteiger partial charge is 0.410 e. The van der Waals surface area contributed by atoms with Gasteiger partial charge in [0, 0.05) is 17.6 Å². The fourth-order valence-electron chi connectivity index (χ4n) is 2.54. The highest BCUT2D eigenvalue weighted by Crippen LogP contribution is 2.34. The van der Waals surface area contributed by atoms with Crippen LogP contribution in [0.3, 0.4) is 0 Å². The average molecular weight is 424 g/mol. The molecule has 1 heterocycles. The molecule has 1 aromatic carbocycles. The van der Waals surface area contributed by atoms with E-state index in [1.807, 2.05) is 20.8 Å². The Morgan fingerprint density at radius 3 is 2.57 bits per heavy atom. The van der Waals surface area contributed by atoms with E-state index in [0.717, 1.165) is 17.3 Å². The van der Waals surface area contributed by atoms with Gasteiger partial charge in [0.05, 0.1) is 21.8 Å². The van der Waals surface area contributed by atoms with Crippen LogP contribution in [0.2, 0.25) is 10.0 Å². The summed E-state index contributed by atoms with van der Waals surface area (Å²) in [5.41, 5.74) is 0.197. The zero-order chi connectivity index (χ0) is 17.2. The number of likely N-dealkylation sites (tertiary alicyclic amines) is 1. The highest BCUT2D eigenvalue weighted by atomic mass is 79.9. The van der Waals surface area contributed by atoms with Crippen LogP contribution in [0.25, 0.3) is 0 Å². The summed E-state index contributed by atoms with van der Waals surface area (Å²) < 4.78 is 6.30. The molecule has 0 bridgehead atoms. The molecule has 4 nitrogen and oxygen atoms in total. The molecule has 0 aromatic heterocycles. The Bertz CT molecular complexity index is 567. The first-order valence-corrected chi connectivity index (χ1v) is 9.10. The van der Waals surface area contributed by atoms with Gasteiger partial charge in [-0.1, -0.05) is 39.1 Å². The lowest BCUT2D eigenvalue weighted by Gasteiger charge is -2.29. The van der Waals surface area contributed by atoms with E-state index in [0.29, 0.717) is 28.8 Å². The molecule has 1 N–H and O–H groups in total. The van der Waals surface area contributed by atoms with E-state index in [-0.39, 0.29) is 12.1 Å². The van der Waals surface area contributed by atoms with Gasteiger partial charge in [0.2, 0.25) is 0 Å². The van der Waals surface area contributed by atoms with Crippen molar-refractivity contribution in [3.05, 3.63) is 26.7 Å². The summed E-state index contributed by atoms with van der Waals surface area (Å²) in [6, 6.07) is 3.65. The minimum atomic E-state index is -0.490. The Kier molecular flexibility index (Phi) is 6.09. The molecule has 1 aliphatic heterocycles. The second-order valence-corrected chi connectivity index (χ2v) is 8.33. The van der Waals surface area contributed by atoms with Crippen molar-refractivity contribution >= 4 is 50.9 Å². The number of nitrogens with zero attached hydrogens (tertiary/aromatic N) is 1. The number of ether oxygens (including phenoxy) is 1. The molecule has 23 heavy (non-hydrogen) atoms. The van der Waals surface area contributed by atoms with E-state index in [4.69, 9.17) is 27.9 Å². The lowest BCUT2D eigenvalue weighted by Crippen LogP contribution is -2.42. The first-order chi connectivity index (χ1) is 10.7. The topological polar surface area (TPSA) is 41.6 Å². The first-order valence-electron chi connectivity index (χ1n) is 7.55. The van der Waals surface area contributed by atoms with E-state index in [2.05, 4.69) is 21.2 Å². The summed E-state index contributed by atoms with van der Waals surface area (Å²) in [4.78, 5) is 14.1. The van der Waals surface area contributed by atoms with Gasteiger partial charge < -0.3 is 15.0 Å². The van der Waals surface area contributed by atoms with Gasteiger partial charge in [-0.3, -0.25) is 0 Å². The molecule has 0 radical (unpaired) electrons. The van der Waals surface area contributed by atoms with Crippen molar-refractivity contribution in [3.63, 3.8) is 0 Å². The summed E-state index contributed by atoms with van der Waals surface area (Å²) in [5, 5.41) is 4.36. The first kappa shape index (κ1) is 18.7. The van der Waals surface area contributed by atoms with Gasteiger partial charge in [0.25, 0.3) is 0 Å². The Morgan fingerprint density at radius 2 is 2.00 bits per heavy atom. The van der Waals surface area contributed by atoms with Crippen molar-refractivity contribution < 1.29 is 9.53 Å². The van der Waals surface area contributed by atoms with Gasteiger partial charge in [-0.15, -0.1) is 0 Å². The van der Waals surface area contributed by atoms with Crippen LogP contribution >= 0.6 is 39.1 Å². The van der Waals surface area contributed by atoms with Gasteiger partial charge in [0.15, 0.2) is 0 Å². The van der Waals surface area contributed by atoms with E-state index < -0.39 is 5.60 Å². The summed E-state index contributed by atoms with van der Waals surface area (Å²) in [5.74, 6) is 0. The number of amides is 1. The van der Waals surface area contributed by atoms with Gasteiger partial charge in [-0.25, -0.2) is 4.79 Å².